The molecule has 0 heterocycles. The van der Waals surface area contributed by atoms with E-state index in [0.29, 0.717) is 0 Å². The summed E-state index contributed by atoms with van der Waals surface area (Å²) in [5.41, 5.74) is 0. The highest BCUT2D eigenvalue weighted by Crippen LogP contribution is 2.46. The Bertz CT molecular complexity index is 125. The first-order chi connectivity index (χ1) is 5.12. The SMILES string of the molecule is [CH2]P(=O)(OOCC)OOCC. The quantitative estimate of drug-likeness (QED) is 0.357. The van der Waals surface area contributed by atoms with E-state index in [1.807, 2.05) is 0 Å². The smallest absolute Gasteiger partial charge is 0.255 e. The maximum absolute atomic E-state index is 10.9. The number of hydrogen-bond acceptors (Lipinski definition) is 5. The van der Waals surface area contributed by atoms with Gasteiger partial charge in [-0.1, -0.05) is 0 Å². The van der Waals surface area contributed by atoms with Gasteiger partial charge in [0.15, 0.2) is 0 Å². The van der Waals surface area contributed by atoms with E-state index in [2.05, 4.69) is 25.8 Å². The molecule has 0 amide bonds. The summed E-state index contributed by atoms with van der Waals surface area (Å²) in [7, 11) is -3.42. The molecule has 0 atom stereocenters. The molecule has 5 nitrogen and oxygen atoms in total. The average molecular weight is 183 g/mol. The predicted octanol–water partition coefficient (Wildman–Crippen LogP) is 1.91. The Morgan fingerprint density at radius 2 is 1.55 bits per heavy atom. The standard InChI is InChI=1S/C5H12O5P/c1-4-7-9-11(3,6)10-8-5-2/h3-5H2,1-2H3. The van der Waals surface area contributed by atoms with Crippen molar-refractivity contribution >= 4 is 7.60 Å². The first kappa shape index (κ1) is 11.1. The van der Waals surface area contributed by atoms with Crippen LogP contribution in [0.5, 0.6) is 0 Å². The van der Waals surface area contributed by atoms with Crippen LogP contribution in [-0.4, -0.2) is 13.2 Å². The van der Waals surface area contributed by atoms with E-state index in [0.717, 1.165) is 0 Å². The minimum atomic E-state index is -3.42. The van der Waals surface area contributed by atoms with Crippen LogP contribution in [0.4, 0.5) is 0 Å². The minimum absolute atomic E-state index is 0.273. The lowest BCUT2D eigenvalue weighted by molar-refractivity contribution is -0.260. The van der Waals surface area contributed by atoms with E-state index >= 15 is 0 Å². The van der Waals surface area contributed by atoms with E-state index in [1.54, 1.807) is 13.8 Å². The van der Waals surface area contributed by atoms with Crippen molar-refractivity contribution in [3.63, 3.8) is 0 Å². The van der Waals surface area contributed by atoms with Crippen molar-refractivity contribution in [3.8, 4) is 0 Å². The minimum Gasteiger partial charge on any atom is -0.255 e. The summed E-state index contributed by atoms with van der Waals surface area (Å²) in [6, 6.07) is 0. The summed E-state index contributed by atoms with van der Waals surface area (Å²) in [6.45, 7) is 7.01. The first-order valence-corrected chi connectivity index (χ1v) is 4.92. The van der Waals surface area contributed by atoms with Gasteiger partial charge in [0, 0.05) is 0 Å². The summed E-state index contributed by atoms with van der Waals surface area (Å²) in [4.78, 5) is 8.73. The second-order valence-corrected chi connectivity index (χ2v) is 3.09. The summed E-state index contributed by atoms with van der Waals surface area (Å²) in [5.74, 6) is 0. The molecule has 0 aliphatic carbocycles. The average Bonchev–Trinajstić information content (AvgIpc) is 1.97. The van der Waals surface area contributed by atoms with Crippen molar-refractivity contribution < 1.29 is 23.7 Å². The fourth-order valence-electron chi connectivity index (χ4n) is 0.278. The third kappa shape index (κ3) is 6.47. The van der Waals surface area contributed by atoms with Crippen molar-refractivity contribution in [1.82, 2.24) is 0 Å². The largest absolute Gasteiger partial charge is 0.385 e. The maximum atomic E-state index is 10.9. The van der Waals surface area contributed by atoms with Crippen molar-refractivity contribution in [3.05, 3.63) is 6.66 Å². The van der Waals surface area contributed by atoms with Crippen LogP contribution in [0, 0.1) is 6.66 Å². The zero-order chi connectivity index (χ0) is 8.74. The predicted molar refractivity (Wildman–Crippen MR) is 38.4 cm³/mol. The van der Waals surface area contributed by atoms with Gasteiger partial charge in [0.2, 0.25) is 0 Å². The van der Waals surface area contributed by atoms with Crippen LogP contribution in [-0.2, 0) is 23.7 Å². The third-order valence-corrected chi connectivity index (χ3v) is 1.23. The molecule has 0 aromatic heterocycles. The molecule has 0 spiro atoms. The van der Waals surface area contributed by atoms with Crippen LogP contribution in [0.25, 0.3) is 0 Å². The Labute approximate surface area is 66.0 Å². The molecule has 0 saturated carbocycles. The van der Waals surface area contributed by atoms with Gasteiger partial charge in [0.1, 0.15) is 0 Å². The van der Waals surface area contributed by atoms with Gasteiger partial charge in [0.05, 0.1) is 19.9 Å². The molecule has 0 bridgehead atoms. The lowest BCUT2D eigenvalue weighted by Gasteiger charge is -2.09. The summed E-state index contributed by atoms with van der Waals surface area (Å²) < 4.78 is 19.5. The number of hydrogen-bond donors (Lipinski definition) is 0. The van der Waals surface area contributed by atoms with Crippen LogP contribution in [0.2, 0.25) is 0 Å². The molecule has 0 rings (SSSR count). The Hall–Kier alpha value is 0.0700. The lowest BCUT2D eigenvalue weighted by atomic mass is 10.9. The number of rotatable bonds is 6. The van der Waals surface area contributed by atoms with Crippen LogP contribution in [0.15, 0.2) is 0 Å². The Kier molecular flexibility index (Phi) is 5.72. The van der Waals surface area contributed by atoms with Gasteiger partial charge in [-0.2, -0.15) is 0 Å². The molecule has 0 N–H and O–H groups in total. The molecule has 67 valence electrons. The normalized spacial score (nSPS) is 11.9. The highest BCUT2D eigenvalue weighted by Gasteiger charge is 2.19. The van der Waals surface area contributed by atoms with Crippen LogP contribution in [0.1, 0.15) is 13.8 Å². The monoisotopic (exact) mass is 183 g/mol. The molecule has 0 aliphatic rings. The molecular weight excluding hydrogens is 171 g/mol. The topological polar surface area (TPSA) is 54.0 Å². The van der Waals surface area contributed by atoms with Crippen LogP contribution >= 0.6 is 7.60 Å². The lowest BCUT2D eigenvalue weighted by Crippen LogP contribution is -1.95. The zero-order valence-electron chi connectivity index (χ0n) is 6.61. The molecule has 0 aliphatic heterocycles. The van der Waals surface area contributed by atoms with Gasteiger partial charge >= 0.3 is 7.60 Å². The summed E-state index contributed by atoms with van der Waals surface area (Å²) in [6.07, 6.45) is 0. The Morgan fingerprint density at radius 1 is 1.18 bits per heavy atom. The van der Waals surface area contributed by atoms with Gasteiger partial charge in [0.25, 0.3) is 0 Å². The summed E-state index contributed by atoms with van der Waals surface area (Å²) >= 11 is 0. The summed E-state index contributed by atoms with van der Waals surface area (Å²) in [5, 5.41) is 0. The Morgan fingerprint density at radius 3 is 1.82 bits per heavy atom. The molecule has 0 saturated heterocycles. The highest BCUT2D eigenvalue weighted by atomic mass is 31.2. The van der Waals surface area contributed by atoms with Gasteiger partial charge in [-0.15, -0.1) is 9.35 Å². The van der Waals surface area contributed by atoms with Gasteiger partial charge in [-0.05, 0) is 13.8 Å². The third-order valence-electron chi connectivity index (χ3n) is 0.568. The van der Waals surface area contributed by atoms with E-state index in [9.17, 15) is 4.57 Å². The van der Waals surface area contributed by atoms with Crippen molar-refractivity contribution in [2.24, 2.45) is 0 Å². The molecule has 11 heavy (non-hydrogen) atoms. The fraction of sp³-hybridized carbons (Fsp3) is 0.800. The maximum Gasteiger partial charge on any atom is 0.385 e. The van der Waals surface area contributed by atoms with E-state index < -0.39 is 7.60 Å². The van der Waals surface area contributed by atoms with E-state index in [4.69, 9.17) is 0 Å². The molecule has 0 unspecified atom stereocenters. The van der Waals surface area contributed by atoms with Crippen molar-refractivity contribution in [1.29, 1.82) is 0 Å². The Balaban J connectivity index is 3.53. The van der Waals surface area contributed by atoms with Gasteiger partial charge < -0.3 is 0 Å². The van der Waals surface area contributed by atoms with Crippen molar-refractivity contribution in [2.75, 3.05) is 13.2 Å². The molecule has 6 heteroatoms. The van der Waals surface area contributed by atoms with Crippen LogP contribution in [0.3, 0.4) is 0 Å². The molecule has 1 radical (unpaired) electrons. The van der Waals surface area contributed by atoms with E-state index in [-0.39, 0.29) is 13.2 Å². The van der Waals surface area contributed by atoms with Crippen LogP contribution < -0.4 is 0 Å². The second-order valence-electron chi connectivity index (χ2n) is 1.57. The molecule has 0 aromatic carbocycles. The molecular formula is C5H12O5P. The van der Waals surface area contributed by atoms with Gasteiger partial charge in [-0.25, -0.2) is 9.78 Å². The van der Waals surface area contributed by atoms with E-state index in [1.165, 1.54) is 0 Å². The molecule has 0 fully saturated rings. The fourth-order valence-corrected chi connectivity index (χ4v) is 0.835. The first-order valence-electron chi connectivity index (χ1n) is 3.19. The zero-order valence-corrected chi connectivity index (χ0v) is 7.50. The highest BCUT2D eigenvalue weighted by molar-refractivity contribution is 7.54. The van der Waals surface area contributed by atoms with Gasteiger partial charge in [-0.3, -0.25) is 4.57 Å². The van der Waals surface area contributed by atoms with Crippen molar-refractivity contribution in [2.45, 2.75) is 13.8 Å². The molecule has 0 aromatic rings. The second kappa shape index (κ2) is 5.69.